The highest BCUT2D eigenvalue weighted by Crippen LogP contribution is 2.31. The van der Waals surface area contributed by atoms with Crippen LogP contribution >= 0.6 is 0 Å². The van der Waals surface area contributed by atoms with Crippen molar-refractivity contribution in [2.45, 2.75) is 39.7 Å². The Hall–Kier alpha value is -3.68. The Morgan fingerprint density at radius 1 is 1.15 bits per heavy atom. The van der Waals surface area contributed by atoms with Gasteiger partial charge in [0.2, 0.25) is 0 Å². The van der Waals surface area contributed by atoms with E-state index in [2.05, 4.69) is 5.32 Å². The molecule has 0 saturated carbocycles. The van der Waals surface area contributed by atoms with Crippen molar-refractivity contribution in [1.29, 1.82) is 5.41 Å². The fraction of sp³-hybridized carbons (Fsp3) is 0.360. The SMILES string of the molecule is CCOc1cc2c(cc1C(=O)NC)C(=N)N(CC(=O)c1ccc(C(=O)O)c(C(C)(C)C)c1)C2. The van der Waals surface area contributed by atoms with Gasteiger partial charge in [0.05, 0.1) is 24.3 Å². The molecule has 0 aromatic heterocycles. The molecule has 0 spiro atoms. The van der Waals surface area contributed by atoms with Crippen LogP contribution in [0.25, 0.3) is 0 Å². The monoisotopic (exact) mass is 451 g/mol. The minimum atomic E-state index is -1.03. The molecule has 0 bridgehead atoms. The number of ether oxygens (including phenoxy) is 1. The molecule has 0 fully saturated rings. The summed E-state index contributed by atoms with van der Waals surface area (Å²) >= 11 is 0. The van der Waals surface area contributed by atoms with Gasteiger partial charge in [-0.15, -0.1) is 0 Å². The van der Waals surface area contributed by atoms with E-state index in [1.807, 2.05) is 27.7 Å². The molecule has 1 amide bonds. The van der Waals surface area contributed by atoms with Crippen LogP contribution in [0.3, 0.4) is 0 Å². The second kappa shape index (κ2) is 9.05. The van der Waals surface area contributed by atoms with E-state index in [1.165, 1.54) is 19.2 Å². The zero-order valence-electron chi connectivity index (χ0n) is 19.5. The largest absolute Gasteiger partial charge is 0.493 e. The van der Waals surface area contributed by atoms with Crippen LogP contribution in [0, 0.1) is 5.41 Å². The van der Waals surface area contributed by atoms with Gasteiger partial charge in [-0.1, -0.05) is 26.8 Å². The number of aromatic carboxylic acids is 1. The topological polar surface area (TPSA) is 120 Å². The van der Waals surface area contributed by atoms with E-state index in [9.17, 15) is 19.5 Å². The summed E-state index contributed by atoms with van der Waals surface area (Å²) in [5, 5.41) is 20.7. The fourth-order valence-electron chi connectivity index (χ4n) is 3.94. The van der Waals surface area contributed by atoms with Crippen molar-refractivity contribution in [2.24, 2.45) is 0 Å². The number of hydrogen-bond acceptors (Lipinski definition) is 5. The van der Waals surface area contributed by atoms with Crippen molar-refractivity contribution < 1.29 is 24.2 Å². The molecule has 1 heterocycles. The zero-order valence-corrected chi connectivity index (χ0v) is 19.5. The number of rotatable bonds is 7. The number of carboxylic acid groups (broad SMARTS) is 1. The van der Waals surface area contributed by atoms with E-state index < -0.39 is 11.4 Å². The first kappa shape index (κ1) is 24.0. The molecule has 0 radical (unpaired) electrons. The van der Waals surface area contributed by atoms with Gasteiger partial charge < -0.3 is 20.1 Å². The third-order valence-corrected chi connectivity index (χ3v) is 5.62. The van der Waals surface area contributed by atoms with Crippen molar-refractivity contribution in [3.8, 4) is 5.75 Å². The maximum absolute atomic E-state index is 13.1. The van der Waals surface area contributed by atoms with Crippen LogP contribution in [0.2, 0.25) is 0 Å². The van der Waals surface area contributed by atoms with E-state index in [4.69, 9.17) is 10.1 Å². The molecule has 1 aliphatic heterocycles. The molecule has 1 aliphatic rings. The standard InChI is InChI=1S/C25H29N3O5/c1-6-33-21-10-15-12-28(22(26)17(15)11-18(21)23(30)27-5)13-20(29)14-7-8-16(24(31)32)19(9-14)25(2,3)4/h7-11,26H,6,12-13H2,1-5H3,(H,27,30)(H,31,32). The Kier molecular flexibility index (Phi) is 6.58. The van der Waals surface area contributed by atoms with Crippen molar-refractivity contribution >= 4 is 23.5 Å². The minimum absolute atomic E-state index is 0.0389. The normalized spacial score (nSPS) is 13.0. The minimum Gasteiger partial charge on any atom is -0.493 e. The molecule has 174 valence electrons. The lowest BCUT2D eigenvalue weighted by molar-refractivity contribution is 0.0693. The van der Waals surface area contributed by atoms with Crippen molar-refractivity contribution in [3.63, 3.8) is 0 Å². The number of amides is 1. The summed E-state index contributed by atoms with van der Waals surface area (Å²) in [5.74, 6) is -0.962. The molecule has 3 rings (SSSR count). The van der Waals surface area contributed by atoms with Gasteiger partial charge in [-0.2, -0.15) is 0 Å². The van der Waals surface area contributed by atoms with Gasteiger partial charge in [-0.3, -0.25) is 15.0 Å². The number of hydrogen-bond donors (Lipinski definition) is 3. The number of carbonyl (C=O) groups excluding carboxylic acids is 2. The maximum Gasteiger partial charge on any atom is 0.335 e. The fourth-order valence-corrected chi connectivity index (χ4v) is 3.94. The number of Topliss-reactive ketones (excluding diaryl/α,β-unsaturated/α-hetero) is 1. The average Bonchev–Trinajstić information content (AvgIpc) is 3.06. The van der Waals surface area contributed by atoms with E-state index in [1.54, 1.807) is 23.1 Å². The van der Waals surface area contributed by atoms with Gasteiger partial charge >= 0.3 is 5.97 Å². The molecular weight excluding hydrogens is 422 g/mol. The molecule has 2 aromatic carbocycles. The second-order valence-electron chi connectivity index (χ2n) is 8.96. The number of ketones is 1. The van der Waals surface area contributed by atoms with Gasteiger partial charge in [0.15, 0.2) is 5.78 Å². The first-order valence-electron chi connectivity index (χ1n) is 10.7. The van der Waals surface area contributed by atoms with Gasteiger partial charge in [0.25, 0.3) is 5.91 Å². The number of amidine groups is 1. The highest BCUT2D eigenvalue weighted by atomic mass is 16.5. The molecular formula is C25H29N3O5. The Morgan fingerprint density at radius 3 is 2.42 bits per heavy atom. The van der Waals surface area contributed by atoms with Crippen LogP contribution in [0.1, 0.15) is 75.5 Å². The van der Waals surface area contributed by atoms with Gasteiger partial charge in [-0.25, -0.2) is 4.79 Å². The molecule has 0 unspecified atom stereocenters. The molecule has 2 aromatic rings. The summed E-state index contributed by atoms with van der Waals surface area (Å²) in [6, 6.07) is 8.00. The molecule has 33 heavy (non-hydrogen) atoms. The lowest BCUT2D eigenvalue weighted by Crippen LogP contribution is -2.30. The first-order chi connectivity index (χ1) is 15.5. The summed E-state index contributed by atoms with van der Waals surface area (Å²) in [5.41, 5.74) is 2.43. The quantitative estimate of drug-likeness (QED) is 0.555. The molecule has 8 nitrogen and oxygen atoms in total. The Labute approximate surface area is 193 Å². The summed E-state index contributed by atoms with van der Waals surface area (Å²) in [6.45, 7) is 8.22. The first-order valence-corrected chi connectivity index (χ1v) is 10.7. The lowest BCUT2D eigenvalue weighted by Gasteiger charge is -2.23. The summed E-state index contributed by atoms with van der Waals surface area (Å²) < 4.78 is 5.62. The average molecular weight is 452 g/mol. The van der Waals surface area contributed by atoms with E-state index in [0.29, 0.717) is 41.2 Å². The van der Waals surface area contributed by atoms with Gasteiger partial charge in [0.1, 0.15) is 11.6 Å². The van der Waals surface area contributed by atoms with Crippen LogP contribution in [-0.2, 0) is 12.0 Å². The van der Waals surface area contributed by atoms with Crippen molar-refractivity contribution in [3.05, 3.63) is 63.7 Å². The van der Waals surface area contributed by atoms with Crippen LogP contribution < -0.4 is 10.1 Å². The number of benzene rings is 2. The molecule has 8 heteroatoms. The van der Waals surface area contributed by atoms with E-state index in [0.717, 1.165) is 5.56 Å². The Balaban J connectivity index is 1.88. The van der Waals surface area contributed by atoms with Crippen LogP contribution in [0.15, 0.2) is 30.3 Å². The number of carbonyl (C=O) groups is 3. The van der Waals surface area contributed by atoms with Crippen LogP contribution in [-0.4, -0.2) is 53.7 Å². The smallest absolute Gasteiger partial charge is 0.335 e. The summed E-state index contributed by atoms with van der Waals surface area (Å²) in [7, 11) is 1.53. The highest BCUT2D eigenvalue weighted by Gasteiger charge is 2.30. The molecule has 0 saturated heterocycles. The number of fused-ring (bicyclic) bond motifs is 1. The number of nitrogens with zero attached hydrogens (tertiary/aromatic N) is 1. The zero-order chi connectivity index (χ0) is 24.5. The Morgan fingerprint density at radius 2 is 1.85 bits per heavy atom. The maximum atomic E-state index is 13.1. The highest BCUT2D eigenvalue weighted by molar-refractivity contribution is 6.07. The second-order valence-corrected chi connectivity index (χ2v) is 8.96. The van der Waals surface area contributed by atoms with E-state index >= 15 is 0 Å². The lowest BCUT2D eigenvalue weighted by atomic mass is 9.82. The van der Waals surface area contributed by atoms with Gasteiger partial charge in [-0.05, 0) is 47.7 Å². The summed E-state index contributed by atoms with van der Waals surface area (Å²) in [6.07, 6.45) is 0. The predicted molar refractivity (Wildman–Crippen MR) is 125 cm³/mol. The third kappa shape index (κ3) is 4.74. The van der Waals surface area contributed by atoms with Crippen molar-refractivity contribution in [2.75, 3.05) is 20.2 Å². The molecule has 0 aliphatic carbocycles. The van der Waals surface area contributed by atoms with Crippen molar-refractivity contribution in [1.82, 2.24) is 10.2 Å². The number of carboxylic acids is 1. The molecule has 0 atom stereocenters. The van der Waals surface area contributed by atoms with Crippen LogP contribution in [0.5, 0.6) is 5.75 Å². The number of nitrogens with one attached hydrogen (secondary N) is 2. The van der Waals surface area contributed by atoms with E-state index in [-0.39, 0.29) is 29.6 Å². The van der Waals surface area contributed by atoms with Gasteiger partial charge in [0, 0.05) is 24.7 Å². The van der Waals surface area contributed by atoms with Crippen LogP contribution in [0.4, 0.5) is 0 Å². The Bertz CT molecular complexity index is 1150. The third-order valence-electron chi connectivity index (χ3n) is 5.62. The molecule has 3 N–H and O–H groups in total. The predicted octanol–water partition coefficient (Wildman–Crippen LogP) is 3.46. The summed E-state index contributed by atoms with van der Waals surface area (Å²) in [4.78, 5) is 38.6.